The largest absolute Gasteiger partial charge is 0.493 e. The quantitative estimate of drug-likeness (QED) is 0.435. The molecule has 1 unspecified atom stereocenters. The lowest BCUT2D eigenvalue weighted by Crippen LogP contribution is -2.26. The highest BCUT2D eigenvalue weighted by Crippen LogP contribution is 2.32. The second kappa shape index (κ2) is 10.5. The zero-order chi connectivity index (χ0) is 22.4. The maximum atomic E-state index is 11.8. The molecular weight excluding hydrogens is 465 g/mol. The van der Waals surface area contributed by atoms with E-state index in [4.69, 9.17) is 37.8 Å². The number of halogens is 2. The summed E-state index contributed by atoms with van der Waals surface area (Å²) in [6.07, 6.45) is 1.16. The van der Waals surface area contributed by atoms with Gasteiger partial charge in [0.1, 0.15) is 11.9 Å². The van der Waals surface area contributed by atoms with Gasteiger partial charge in [-0.15, -0.1) is 5.10 Å². The topological polar surface area (TPSA) is 110 Å². The van der Waals surface area contributed by atoms with Crippen molar-refractivity contribution in [1.82, 2.24) is 5.32 Å². The Labute approximate surface area is 192 Å². The molecule has 1 amide bonds. The molecular formula is C20H17Cl2N3O5S. The van der Waals surface area contributed by atoms with Crippen molar-refractivity contribution in [3.05, 3.63) is 57.6 Å². The average Bonchev–Trinajstić information content (AvgIpc) is 3.06. The smallest absolute Gasteiger partial charge is 0.305 e. The number of carboxylic acids is 1. The highest BCUT2D eigenvalue weighted by Gasteiger charge is 2.32. The molecule has 0 aromatic heterocycles. The summed E-state index contributed by atoms with van der Waals surface area (Å²) < 4.78 is 11.3. The van der Waals surface area contributed by atoms with E-state index >= 15 is 0 Å². The molecule has 1 fully saturated rings. The number of benzene rings is 2. The zero-order valence-corrected chi connectivity index (χ0v) is 18.5. The Balaban J connectivity index is 1.75. The molecule has 0 bridgehead atoms. The van der Waals surface area contributed by atoms with Gasteiger partial charge in [0.2, 0.25) is 5.91 Å². The van der Waals surface area contributed by atoms with Crippen LogP contribution < -0.4 is 14.8 Å². The summed E-state index contributed by atoms with van der Waals surface area (Å²) in [5, 5.41) is 19.8. The average molecular weight is 482 g/mol. The van der Waals surface area contributed by atoms with Gasteiger partial charge in [-0.2, -0.15) is 5.10 Å². The van der Waals surface area contributed by atoms with E-state index in [1.807, 2.05) is 0 Å². The Morgan fingerprint density at radius 3 is 2.84 bits per heavy atom. The van der Waals surface area contributed by atoms with E-state index in [1.165, 1.54) is 13.3 Å². The Morgan fingerprint density at radius 1 is 1.32 bits per heavy atom. The van der Waals surface area contributed by atoms with Crippen molar-refractivity contribution in [3.8, 4) is 11.5 Å². The van der Waals surface area contributed by atoms with E-state index in [9.17, 15) is 9.59 Å². The molecule has 2 aromatic rings. The third-order valence-corrected chi connectivity index (χ3v) is 5.76. The Bertz CT molecular complexity index is 1060. The van der Waals surface area contributed by atoms with Crippen molar-refractivity contribution < 1.29 is 24.2 Å². The maximum absolute atomic E-state index is 11.8. The number of amides is 1. The third kappa shape index (κ3) is 6.13. The minimum absolute atomic E-state index is 0.175. The monoisotopic (exact) mass is 481 g/mol. The number of nitrogens with one attached hydrogen (secondary N) is 1. The number of amidine groups is 1. The molecule has 0 radical (unpaired) electrons. The van der Waals surface area contributed by atoms with Gasteiger partial charge in [-0.25, -0.2) is 0 Å². The van der Waals surface area contributed by atoms with Crippen LogP contribution >= 0.6 is 35.0 Å². The van der Waals surface area contributed by atoms with Gasteiger partial charge in [-0.3, -0.25) is 9.59 Å². The van der Waals surface area contributed by atoms with Crippen LogP contribution in [0.5, 0.6) is 11.5 Å². The first kappa shape index (κ1) is 22.9. The summed E-state index contributed by atoms with van der Waals surface area (Å²) in [6.45, 7) is 0.175. The Hall–Kier alpha value is -2.75. The number of methoxy groups -OCH3 is 1. The fourth-order valence-electron chi connectivity index (χ4n) is 2.63. The minimum Gasteiger partial charge on any atom is -0.493 e. The second-order valence-corrected chi connectivity index (χ2v) is 8.28. The number of thioether (sulfide) groups is 1. The normalized spacial score (nSPS) is 17.2. The number of ether oxygens (including phenoxy) is 2. The lowest BCUT2D eigenvalue weighted by molar-refractivity contribution is -0.138. The van der Waals surface area contributed by atoms with Gasteiger partial charge in [0.25, 0.3) is 0 Å². The predicted molar refractivity (Wildman–Crippen MR) is 121 cm³/mol. The standard InChI is InChI=1S/C20H17Cl2N3O5S/c1-29-15-4-2-3-11(18(15)30-10-12-5-6-13(21)7-14(12)22)9-23-25-20-24-19(28)16(31-20)8-17(26)27/h2-7,9,16H,8,10H2,1H3,(H,26,27)(H,24,25,28)/b23-9+. The molecule has 31 heavy (non-hydrogen) atoms. The number of para-hydroxylation sites is 1. The first-order valence-corrected chi connectivity index (χ1v) is 10.5. The van der Waals surface area contributed by atoms with Crippen LogP contribution in [0.3, 0.4) is 0 Å². The van der Waals surface area contributed by atoms with E-state index in [1.54, 1.807) is 36.4 Å². The zero-order valence-electron chi connectivity index (χ0n) is 16.2. The van der Waals surface area contributed by atoms with E-state index < -0.39 is 17.1 Å². The second-order valence-electron chi connectivity index (χ2n) is 6.25. The van der Waals surface area contributed by atoms with Crippen molar-refractivity contribution >= 4 is 58.2 Å². The minimum atomic E-state index is -1.06. The Morgan fingerprint density at radius 2 is 2.13 bits per heavy atom. The maximum Gasteiger partial charge on any atom is 0.305 e. The number of carboxylic acid groups (broad SMARTS) is 1. The van der Waals surface area contributed by atoms with E-state index in [0.717, 1.165) is 17.3 Å². The summed E-state index contributed by atoms with van der Waals surface area (Å²) in [6, 6.07) is 10.4. The first-order valence-electron chi connectivity index (χ1n) is 8.91. The van der Waals surface area contributed by atoms with Crippen LogP contribution in [0.15, 0.2) is 46.6 Å². The van der Waals surface area contributed by atoms with Crippen LogP contribution in [0.4, 0.5) is 0 Å². The Kier molecular flexibility index (Phi) is 7.78. The molecule has 0 spiro atoms. The number of carbonyl (C=O) groups is 2. The van der Waals surface area contributed by atoms with Crippen molar-refractivity contribution in [2.75, 3.05) is 7.11 Å². The van der Waals surface area contributed by atoms with Gasteiger partial charge in [-0.05, 0) is 24.3 Å². The molecule has 2 aromatic carbocycles. The lowest BCUT2D eigenvalue weighted by atomic mass is 10.2. The summed E-state index contributed by atoms with van der Waals surface area (Å²) in [5.74, 6) is -0.540. The highest BCUT2D eigenvalue weighted by molar-refractivity contribution is 8.15. The van der Waals surface area contributed by atoms with Crippen LogP contribution in [0.25, 0.3) is 0 Å². The van der Waals surface area contributed by atoms with E-state index in [0.29, 0.717) is 27.1 Å². The predicted octanol–water partition coefficient (Wildman–Crippen LogP) is 3.98. The van der Waals surface area contributed by atoms with Crippen molar-refractivity contribution in [3.63, 3.8) is 0 Å². The molecule has 11 heteroatoms. The van der Waals surface area contributed by atoms with Gasteiger partial charge in [0.15, 0.2) is 16.7 Å². The van der Waals surface area contributed by atoms with Gasteiger partial charge in [0, 0.05) is 21.2 Å². The van der Waals surface area contributed by atoms with Crippen molar-refractivity contribution in [1.29, 1.82) is 0 Å². The molecule has 162 valence electrons. The number of rotatable bonds is 8. The molecule has 2 N–H and O–H groups in total. The van der Waals surface area contributed by atoms with Crippen molar-refractivity contribution in [2.24, 2.45) is 10.2 Å². The summed E-state index contributed by atoms with van der Waals surface area (Å²) in [4.78, 5) is 22.6. The van der Waals surface area contributed by atoms with Crippen LogP contribution in [-0.4, -0.2) is 40.7 Å². The highest BCUT2D eigenvalue weighted by atomic mass is 35.5. The van der Waals surface area contributed by atoms with Crippen molar-refractivity contribution in [2.45, 2.75) is 18.3 Å². The van der Waals surface area contributed by atoms with Gasteiger partial charge >= 0.3 is 5.97 Å². The van der Waals surface area contributed by atoms with E-state index in [-0.39, 0.29) is 18.2 Å². The summed E-state index contributed by atoms with van der Waals surface area (Å²) >= 11 is 13.2. The molecule has 8 nitrogen and oxygen atoms in total. The fourth-order valence-corrected chi connectivity index (χ4v) is 4.01. The van der Waals surface area contributed by atoms with E-state index in [2.05, 4.69) is 15.5 Å². The third-order valence-electron chi connectivity index (χ3n) is 4.10. The molecule has 1 aliphatic heterocycles. The molecule has 0 aliphatic carbocycles. The first-order chi connectivity index (χ1) is 14.9. The molecule has 1 heterocycles. The molecule has 1 aliphatic rings. The summed E-state index contributed by atoms with van der Waals surface area (Å²) in [7, 11) is 1.52. The van der Waals surface area contributed by atoms with Gasteiger partial charge in [-0.1, -0.05) is 47.1 Å². The van der Waals surface area contributed by atoms with Gasteiger partial charge < -0.3 is 19.9 Å². The number of hydrogen-bond acceptors (Lipinski definition) is 7. The number of nitrogens with zero attached hydrogens (tertiary/aromatic N) is 2. The molecule has 3 rings (SSSR count). The van der Waals surface area contributed by atoms with Crippen LogP contribution in [0.1, 0.15) is 17.5 Å². The number of hydrogen-bond donors (Lipinski definition) is 2. The van der Waals surface area contributed by atoms with Gasteiger partial charge in [0.05, 0.1) is 19.7 Å². The molecule has 1 saturated heterocycles. The molecule has 1 atom stereocenters. The summed E-state index contributed by atoms with van der Waals surface area (Å²) in [5.41, 5.74) is 1.33. The molecule has 0 saturated carbocycles. The number of aliphatic carboxylic acids is 1. The van der Waals surface area contributed by atoms with Crippen LogP contribution in [0.2, 0.25) is 10.0 Å². The van der Waals surface area contributed by atoms with Crippen LogP contribution in [-0.2, 0) is 16.2 Å². The SMILES string of the molecule is COc1cccc(/C=N/N=C2\NC(=O)C(CC(=O)O)S2)c1OCc1ccc(Cl)cc1Cl. The number of carbonyl (C=O) groups excluding carboxylic acids is 1. The fraction of sp³-hybridized carbons (Fsp3) is 0.200. The van der Waals surface area contributed by atoms with Crippen LogP contribution in [0, 0.1) is 0 Å². The lowest BCUT2D eigenvalue weighted by Gasteiger charge is -2.13.